The maximum atomic E-state index is 13.0. The second-order valence-corrected chi connectivity index (χ2v) is 7.67. The second kappa shape index (κ2) is 9.15. The normalized spacial score (nSPS) is 12.8. The van der Waals surface area contributed by atoms with E-state index in [1.807, 2.05) is 12.1 Å². The number of nitrogens with one attached hydrogen (secondary N) is 1. The smallest absolute Gasteiger partial charge is 0.358 e. The molecule has 0 aliphatic heterocycles. The van der Waals surface area contributed by atoms with Crippen LogP contribution in [0.5, 0.6) is 0 Å². The molecule has 2 unspecified atom stereocenters. The van der Waals surface area contributed by atoms with Crippen LogP contribution >= 0.6 is 22.9 Å². The first kappa shape index (κ1) is 21.0. The summed E-state index contributed by atoms with van der Waals surface area (Å²) >= 11 is 7.17. The molecular formula is C21H18ClFN2O3S. The van der Waals surface area contributed by atoms with Crippen molar-refractivity contribution in [2.24, 2.45) is 0 Å². The van der Waals surface area contributed by atoms with E-state index in [0.29, 0.717) is 10.0 Å². The summed E-state index contributed by atoms with van der Waals surface area (Å²) in [6.07, 6.45) is -1.01. The Labute approximate surface area is 176 Å². The lowest BCUT2D eigenvalue weighted by molar-refractivity contribution is -0.129. The molecule has 1 aromatic heterocycles. The van der Waals surface area contributed by atoms with Gasteiger partial charge in [-0.05, 0) is 43.7 Å². The van der Waals surface area contributed by atoms with Crippen LogP contribution in [0.25, 0.3) is 10.6 Å². The van der Waals surface area contributed by atoms with E-state index in [-0.39, 0.29) is 17.6 Å². The number of hydrogen-bond donors (Lipinski definition) is 1. The summed E-state index contributed by atoms with van der Waals surface area (Å²) in [7, 11) is 0. The van der Waals surface area contributed by atoms with Gasteiger partial charge in [-0.1, -0.05) is 35.9 Å². The van der Waals surface area contributed by atoms with Crippen molar-refractivity contribution in [1.29, 1.82) is 0 Å². The van der Waals surface area contributed by atoms with Gasteiger partial charge >= 0.3 is 5.97 Å². The molecule has 0 spiro atoms. The standard InChI is InChI=1S/C21H18ClFN2O3S/c1-12(14-5-9-17(23)10-6-14)24-19(26)13(2)28-21(27)18-11-29-20(25-18)15-3-7-16(22)8-4-15/h3-13H,1-2H3,(H,24,26). The van der Waals surface area contributed by atoms with Gasteiger partial charge in [0.05, 0.1) is 6.04 Å². The van der Waals surface area contributed by atoms with Crippen molar-refractivity contribution in [3.63, 3.8) is 0 Å². The number of carbonyl (C=O) groups is 2. The fraction of sp³-hybridized carbons (Fsp3) is 0.190. The zero-order valence-corrected chi connectivity index (χ0v) is 17.3. The molecule has 3 aromatic rings. The average molecular weight is 433 g/mol. The van der Waals surface area contributed by atoms with E-state index in [0.717, 1.165) is 11.1 Å². The topological polar surface area (TPSA) is 68.3 Å². The zero-order chi connectivity index (χ0) is 21.0. The van der Waals surface area contributed by atoms with Gasteiger partial charge in [-0.25, -0.2) is 14.2 Å². The summed E-state index contributed by atoms with van der Waals surface area (Å²) in [4.78, 5) is 28.9. The molecule has 1 amide bonds. The minimum absolute atomic E-state index is 0.131. The molecule has 0 fully saturated rings. The van der Waals surface area contributed by atoms with Crippen LogP contribution in [-0.2, 0) is 9.53 Å². The number of carbonyl (C=O) groups excluding carboxylic acids is 2. The second-order valence-electron chi connectivity index (χ2n) is 6.37. The third-order valence-electron chi connectivity index (χ3n) is 4.19. The van der Waals surface area contributed by atoms with Crippen molar-refractivity contribution in [3.8, 4) is 10.6 Å². The molecule has 5 nitrogen and oxygen atoms in total. The molecule has 0 saturated heterocycles. The molecule has 0 saturated carbocycles. The summed E-state index contributed by atoms with van der Waals surface area (Å²) in [6.45, 7) is 3.25. The number of ether oxygens (including phenoxy) is 1. The molecule has 150 valence electrons. The van der Waals surface area contributed by atoms with Crippen molar-refractivity contribution in [3.05, 3.63) is 76.0 Å². The SMILES string of the molecule is CC(OC(=O)c1csc(-c2ccc(Cl)cc2)n1)C(=O)NC(C)c1ccc(F)cc1. The largest absolute Gasteiger partial charge is 0.448 e. The lowest BCUT2D eigenvalue weighted by Gasteiger charge is -2.18. The van der Waals surface area contributed by atoms with Crippen LogP contribution in [0.15, 0.2) is 53.9 Å². The van der Waals surface area contributed by atoms with E-state index in [1.54, 1.807) is 36.6 Å². The van der Waals surface area contributed by atoms with Gasteiger partial charge in [-0.2, -0.15) is 0 Å². The van der Waals surface area contributed by atoms with Crippen LogP contribution < -0.4 is 5.32 Å². The fourth-order valence-electron chi connectivity index (χ4n) is 2.53. The summed E-state index contributed by atoms with van der Waals surface area (Å²) in [5.74, 6) is -1.49. The molecule has 0 aliphatic carbocycles. The highest BCUT2D eigenvalue weighted by molar-refractivity contribution is 7.13. The Hall–Kier alpha value is -2.77. The van der Waals surface area contributed by atoms with Gasteiger partial charge in [0.1, 0.15) is 10.8 Å². The molecule has 0 radical (unpaired) electrons. The molecule has 2 atom stereocenters. The molecule has 8 heteroatoms. The minimum atomic E-state index is -1.01. The van der Waals surface area contributed by atoms with Gasteiger partial charge in [-0.3, -0.25) is 4.79 Å². The number of nitrogens with zero attached hydrogens (tertiary/aromatic N) is 1. The Bertz CT molecular complexity index is 1010. The van der Waals surface area contributed by atoms with Gasteiger partial charge in [0, 0.05) is 16.0 Å². The maximum absolute atomic E-state index is 13.0. The van der Waals surface area contributed by atoms with Gasteiger partial charge < -0.3 is 10.1 Å². The van der Waals surface area contributed by atoms with Crippen LogP contribution in [-0.4, -0.2) is 23.0 Å². The van der Waals surface area contributed by atoms with E-state index in [4.69, 9.17) is 16.3 Å². The third kappa shape index (κ3) is 5.40. The molecule has 3 rings (SSSR count). The Kier molecular flexibility index (Phi) is 6.61. The quantitative estimate of drug-likeness (QED) is 0.555. The number of esters is 1. The number of hydrogen-bond acceptors (Lipinski definition) is 5. The van der Waals surface area contributed by atoms with Crippen LogP contribution in [0.4, 0.5) is 4.39 Å². The van der Waals surface area contributed by atoms with Crippen molar-refractivity contribution in [2.45, 2.75) is 26.0 Å². The number of thiazole rings is 1. The molecule has 1 heterocycles. The summed E-state index contributed by atoms with van der Waals surface area (Å²) in [5, 5.41) is 5.58. The van der Waals surface area contributed by atoms with Gasteiger partial charge in [0.25, 0.3) is 5.91 Å². The Morgan fingerprint density at radius 2 is 1.76 bits per heavy atom. The lowest BCUT2D eigenvalue weighted by Crippen LogP contribution is -2.37. The Morgan fingerprint density at radius 3 is 2.41 bits per heavy atom. The molecule has 2 aromatic carbocycles. The fourth-order valence-corrected chi connectivity index (χ4v) is 3.45. The predicted molar refractivity (Wildman–Crippen MR) is 110 cm³/mol. The molecular weight excluding hydrogens is 415 g/mol. The summed E-state index contributed by atoms with van der Waals surface area (Å²) in [6, 6.07) is 12.6. The predicted octanol–water partition coefficient (Wildman–Crippen LogP) is 5.03. The molecule has 0 aliphatic rings. The highest BCUT2D eigenvalue weighted by atomic mass is 35.5. The highest BCUT2D eigenvalue weighted by Gasteiger charge is 2.22. The van der Waals surface area contributed by atoms with Crippen LogP contribution in [0.3, 0.4) is 0 Å². The number of rotatable bonds is 6. The molecule has 0 bridgehead atoms. The summed E-state index contributed by atoms with van der Waals surface area (Å²) < 4.78 is 18.3. The van der Waals surface area contributed by atoms with E-state index in [9.17, 15) is 14.0 Å². The average Bonchev–Trinajstić information content (AvgIpc) is 3.19. The van der Waals surface area contributed by atoms with E-state index in [2.05, 4.69) is 10.3 Å². The van der Waals surface area contributed by atoms with Crippen molar-refractivity contribution in [2.75, 3.05) is 0 Å². The van der Waals surface area contributed by atoms with Crippen molar-refractivity contribution >= 4 is 34.8 Å². The number of amides is 1. The summed E-state index contributed by atoms with van der Waals surface area (Å²) in [5.41, 5.74) is 1.70. The highest BCUT2D eigenvalue weighted by Crippen LogP contribution is 2.25. The number of halogens is 2. The monoisotopic (exact) mass is 432 g/mol. The minimum Gasteiger partial charge on any atom is -0.448 e. The Morgan fingerprint density at radius 1 is 1.10 bits per heavy atom. The third-order valence-corrected chi connectivity index (χ3v) is 5.33. The zero-order valence-electron chi connectivity index (χ0n) is 15.7. The van der Waals surface area contributed by atoms with E-state index in [1.165, 1.54) is 30.4 Å². The van der Waals surface area contributed by atoms with Gasteiger partial charge in [0.2, 0.25) is 0 Å². The first-order valence-corrected chi connectivity index (χ1v) is 10.1. The van der Waals surface area contributed by atoms with Gasteiger partial charge in [-0.15, -0.1) is 11.3 Å². The van der Waals surface area contributed by atoms with E-state index >= 15 is 0 Å². The van der Waals surface area contributed by atoms with Crippen LogP contribution in [0.1, 0.15) is 35.9 Å². The molecule has 29 heavy (non-hydrogen) atoms. The first-order valence-electron chi connectivity index (χ1n) is 8.82. The van der Waals surface area contributed by atoms with E-state index < -0.39 is 18.0 Å². The van der Waals surface area contributed by atoms with Crippen LogP contribution in [0.2, 0.25) is 5.02 Å². The Balaban J connectivity index is 1.59. The first-order chi connectivity index (χ1) is 13.8. The van der Waals surface area contributed by atoms with Gasteiger partial charge in [0.15, 0.2) is 11.8 Å². The van der Waals surface area contributed by atoms with Crippen molar-refractivity contribution < 1.29 is 18.7 Å². The molecule has 1 N–H and O–H groups in total. The lowest BCUT2D eigenvalue weighted by atomic mass is 10.1. The van der Waals surface area contributed by atoms with Crippen molar-refractivity contribution in [1.82, 2.24) is 10.3 Å². The maximum Gasteiger partial charge on any atom is 0.358 e. The number of aromatic nitrogens is 1. The number of benzene rings is 2. The van der Waals surface area contributed by atoms with Crippen LogP contribution in [0, 0.1) is 5.82 Å².